The largest absolute Gasteiger partial charge is 0.522 e. The van der Waals surface area contributed by atoms with Gasteiger partial charge in [0.2, 0.25) is 0 Å². The van der Waals surface area contributed by atoms with Gasteiger partial charge in [0.25, 0.3) is 0 Å². The minimum Gasteiger partial charge on any atom is -0.507 e. The number of aromatic hydroxyl groups is 1. The molecule has 148 valence electrons. The summed E-state index contributed by atoms with van der Waals surface area (Å²) in [7, 11) is -5.84. The third-order valence-corrected chi connectivity index (χ3v) is 3.03. The first-order valence-electron chi connectivity index (χ1n) is 6.60. The first kappa shape index (κ1) is 23.9. The van der Waals surface area contributed by atoms with Gasteiger partial charge in [-0.25, -0.2) is 9.59 Å². The number of rotatable bonds is 2. The van der Waals surface area contributed by atoms with Gasteiger partial charge in [-0.2, -0.15) is 21.6 Å². The van der Waals surface area contributed by atoms with Crippen molar-refractivity contribution in [2.45, 2.75) is 5.51 Å². The van der Waals surface area contributed by atoms with E-state index in [2.05, 4.69) is 0 Å². The van der Waals surface area contributed by atoms with Crippen LogP contribution in [0.2, 0.25) is 0 Å². The lowest BCUT2D eigenvalue weighted by Gasteiger charge is -1.97. The molecule has 4 N–H and O–H groups in total. The number of carbonyl (C=O) groups is 2. The molecule has 2 rings (SSSR count). The van der Waals surface area contributed by atoms with Gasteiger partial charge >= 0.3 is 27.6 Å². The summed E-state index contributed by atoms with van der Waals surface area (Å²) >= 11 is 0. The minimum atomic E-state index is -5.84. The lowest BCUT2D eigenvalue weighted by Crippen LogP contribution is -2.21. The molecule has 0 radical (unpaired) electrons. The predicted octanol–water partition coefficient (Wildman–Crippen LogP) is 2.87. The summed E-state index contributed by atoms with van der Waals surface area (Å²) in [6.07, 6.45) is 0. The number of alkyl halides is 3. The highest BCUT2D eigenvalue weighted by atomic mass is 32.2. The molecule has 2 aromatic rings. The van der Waals surface area contributed by atoms with Gasteiger partial charge in [-0.1, -0.05) is 30.3 Å². The quantitative estimate of drug-likeness (QED) is 0.436. The fraction of sp³-hybridized carbons (Fsp3) is 0.0667. The summed E-state index contributed by atoms with van der Waals surface area (Å²) in [6.45, 7) is 0. The van der Waals surface area contributed by atoms with E-state index in [4.69, 9.17) is 28.3 Å². The Hall–Kier alpha value is -3.12. The van der Waals surface area contributed by atoms with Gasteiger partial charge in [0, 0.05) is 0 Å². The monoisotopic (exact) mass is 410 g/mol. The molecule has 0 amide bonds. The van der Waals surface area contributed by atoms with E-state index < -0.39 is 27.6 Å². The second-order valence-electron chi connectivity index (χ2n) is 4.41. The highest BCUT2D eigenvalue weighted by molar-refractivity contribution is 7.86. The highest BCUT2D eigenvalue weighted by Crippen LogP contribution is 2.20. The van der Waals surface area contributed by atoms with Crippen LogP contribution in [-0.2, 0) is 10.1 Å². The third kappa shape index (κ3) is 9.23. The molecule has 0 heterocycles. The molecule has 27 heavy (non-hydrogen) atoms. The number of para-hydroxylation sites is 1. The maximum atomic E-state index is 10.7. The Morgan fingerprint density at radius 3 is 1.48 bits per heavy atom. The average Bonchev–Trinajstić information content (AvgIpc) is 2.55. The van der Waals surface area contributed by atoms with Crippen molar-refractivity contribution in [3.63, 3.8) is 0 Å². The maximum absolute atomic E-state index is 10.7. The molecule has 8 nitrogen and oxygen atoms in total. The maximum Gasteiger partial charge on any atom is 0.522 e. The Balaban J connectivity index is 0.000000379. The van der Waals surface area contributed by atoms with Gasteiger partial charge in [-0.15, -0.1) is 0 Å². The molecular weight excluding hydrogens is 397 g/mol. The molecule has 0 aliphatic heterocycles. The molecule has 0 fully saturated rings. The standard InChI is InChI=1S/C7H6O3.C7H6O2.CHF3O3S/c8-6-4-2-1-3-5(6)7(9)10;8-7(9)6-4-2-1-3-5-6;2-1(3,4)8(5,6)7/h1-4,8H,(H,9,10);1-5H,(H,8,9);(H,5,6,7). The zero-order valence-corrected chi connectivity index (χ0v) is 14.0. The second kappa shape index (κ2) is 10.1. The third-order valence-electron chi connectivity index (χ3n) is 2.45. The van der Waals surface area contributed by atoms with Crippen molar-refractivity contribution in [2.24, 2.45) is 0 Å². The van der Waals surface area contributed by atoms with Crippen molar-refractivity contribution in [1.29, 1.82) is 0 Å². The predicted molar refractivity (Wildman–Crippen MR) is 86.1 cm³/mol. The van der Waals surface area contributed by atoms with Crippen LogP contribution < -0.4 is 0 Å². The van der Waals surface area contributed by atoms with Crippen LogP contribution in [0, 0.1) is 0 Å². The molecule has 0 saturated heterocycles. The summed E-state index contributed by atoms with van der Waals surface area (Å²) in [5.74, 6) is -2.19. The summed E-state index contributed by atoms with van der Waals surface area (Å²) in [5, 5.41) is 25.7. The van der Waals surface area contributed by atoms with Gasteiger partial charge < -0.3 is 15.3 Å². The van der Waals surface area contributed by atoms with Crippen LogP contribution in [0.1, 0.15) is 20.7 Å². The molecule has 0 spiro atoms. The lowest BCUT2D eigenvalue weighted by atomic mass is 10.2. The van der Waals surface area contributed by atoms with Crippen LogP contribution in [-0.4, -0.2) is 45.7 Å². The van der Waals surface area contributed by atoms with E-state index in [-0.39, 0.29) is 11.3 Å². The molecular formula is C15H13F3O8S. The van der Waals surface area contributed by atoms with E-state index >= 15 is 0 Å². The molecule has 12 heteroatoms. The van der Waals surface area contributed by atoms with E-state index in [9.17, 15) is 22.8 Å². The second-order valence-corrected chi connectivity index (χ2v) is 5.83. The molecule has 0 bridgehead atoms. The number of halogens is 3. The van der Waals surface area contributed by atoms with Gasteiger partial charge in [-0.05, 0) is 24.3 Å². The number of carboxylic acid groups (broad SMARTS) is 2. The van der Waals surface area contributed by atoms with Crippen LogP contribution >= 0.6 is 0 Å². The fourth-order valence-electron chi connectivity index (χ4n) is 1.24. The van der Waals surface area contributed by atoms with E-state index in [1.165, 1.54) is 12.1 Å². The number of hydrogen-bond donors (Lipinski definition) is 4. The normalized spacial score (nSPS) is 10.5. The van der Waals surface area contributed by atoms with Crippen LogP contribution in [0.4, 0.5) is 13.2 Å². The zero-order chi connectivity index (χ0) is 21.3. The first-order chi connectivity index (χ1) is 12.3. The Labute approximate surface area is 150 Å². The molecule has 0 saturated carbocycles. The van der Waals surface area contributed by atoms with E-state index in [0.29, 0.717) is 5.56 Å². The van der Waals surface area contributed by atoms with Gasteiger partial charge in [0.1, 0.15) is 11.3 Å². The van der Waals surface area contributed by atoms with E-state index in [1.807, 2.05) is 0 Å². The average molecular weight is 410 g/mol. The number of aromatic carboxylic acids is 2. The molecule has 0 aromatic heterocycles. The van der Waals surface area contributed by atoms with Crippen molar-refractivity contribution in [2.75, 3.05) is 0 Å². The van der Waals surface area contributed by atoms with Crippen molar-refractivity contribution in [3.8, 4) is 5.75 Å². The fourth-order valence-corrected chi connectivity index (χ4v) is 1.24. The summed E-state index contributed by atoms with van der Waals surface area (Å²) in [5.41, 5.74) is -5.27. The van der Waals surface area contributed by atoms with Crippen LogP contribution in [0.15, 0.2) is 54.6 Å². The van der Waals surface area contributed by atoms with Crippen molar-refractivity contribution in [1.82, 2.24) is 0 Å². The summed E-state index contributed by atoms with van der Waals surface area (Å²) < 4.78 is 57.5. The van der Waals surface area contributed by atoms with E-state index in [0.717, 1.165) is 0 Å². The van der Waals surface area contributed by atoms with Crippen molar-refractivity contribution >= 4 is 22.1 Å². The van der Waals surface area contributed by atoms with Crippen LogP contribution in [0.3, 0.4) is 0 Å². The Morgan fingerprint density at radius 2 is 1.22 bits per heavy atom. The number of hydrogen-bond acceptors (Lipinski definition) is 5. The number of benzene rings is 2. The smallest absolute Gasteiger partial charge is 0.507 e. The SMILES string of the molecule is O=C(O)c1ccccc1.O=C(O)c1ccccc1O.O=S(=O)(O)C(F)(F)F. The number of phenols is 1. The molecule has 0 aliphatic rings. The highest BCUT2D eigenvalue weighted by Gasteiger charge is 2.44. The van der Waals surface area contributed by atoms with Crippen LogP contribution in [0.5, 0.6) is 5.75 Å². The van der Waals surface area contributed by atoms with E-state index in [1.54, 1.807) is 42.5 Å². The summed E-state index contributed by atoms with van der Waals surface area (Å²) in [6, 6.07) is 14.1. The van der Waals surface area contributed by atoms with Crippen LogP contribution in [0.25, 0.3) is 0 Å². The molecule has 0 aliphatic carbocycles. The Morgan fingerprint density at radius 1 is 0.815 bits per heavy atom. The van der Waals surface area contributed by atoms with Crippen molar-refractivity contribution in [3.05, 3.63) is 65.7 Å². The van der Waals surface area contributed by atoms with Crippen molar-refractivity contribution < 1.29 is 51.1 Å². The minimum absolute atomic E-state index is 0.0671. The topological polar surface area (TPSA) is 149 Å². The lowest BCUT2D eigenvalue weighted by molar-refractivity contribution is -0.0510. The Bertz CT molecular complexity index is 864. The molecule has 0 atom stereocenters. The van der Waals surface area contributed by atoms with Gasteiger partial charge in [0.05, 0.1) is 5.56 Å². The summed E-state index contributed by atoms with van der Waals surface area (Å²) in [4.78, 5) is 20.5. The Kier molecular flexibility index (Phi) is 8.96. The van der Waals surface area contributed by atoms with Gasteiger partial charge in [-0.3, -0.25) is 4.55 Å². The first-order valence-corrected chi connectivity index (χ1v) is 8.04. The molecule has 0 unspecified atom stereocenters. The number of carboxylic acids is 2. The molecule has 2 aromatic carbocycles. The van der Waals surface area contributed by atoms with Gasteiger partial charge in [0.15, 0.2) is 0 Å². The zero-order valence-electron chi connectivity index (χ0n) is 13.2.